The van der Waals surface area contributed by atoms with E-state index >= 15 is 0 Å². The fourth-order valence-corrected chi connectivity index (χ4v) is 3.91. The highest BCUT2D eigenvalue weighted by molar-refractivity contribution is 7.92. The van der Waals surface area contributed by atoms with Crippen LogP contribution in [-0.4, -0.2) is 30.7 Å². The van der Waals surface area contributed by atoms with E-state index in [0.29, 0.717) is 22.5 Å². The van der Waals surface area contributed by atoms with Crippen molar-refractivity contribution >= 4 is 26.7 Å². The molecule has 0 fully saturated rings. The van der Waals surface area contributed by atoms with Gasteiger partial charge in [0.2, 0.25) is 0 Å². The van der Waals surface area contributed by atoms with Gasteiger partial charge in [-0.15, -0.1) is 0 Å². The van der Waals surface area contributed by atoms with Gasteiger partial charge in [0.1, 0.15) is 11.6 Å². The minimum Gasteiger partial charge on any atom is -0.496 e. The monoisotopic (exact) mass is 398 g/mol. The van der Waals surface area contributed by atoms with E-state index in [0.717, 1.165) is 11.5 Å². The van der Waals surface area contributed by atoms with E-state index in [1.54, 1.807) is 18.5 Å². The standard InChI is InChI=1S/C19H15FN4O3S/c1-27-18-6-5-16(28(25,26)24-15-4-2-3-14(20)8-15)9-17(18)12-7-13-11-22-23-19(13)21-10-12/h2-11,24H,1H3,(H,21,22,23). The number of rotatable bonds is 5. The van der Waals surface area contributed by atoms with Gasteiger partial charge in [-0.2, -0.15) is 5.10 Å². The zero-order valence-corrected chi connectivity index (χ0v) is 15.5. The Morgan fingerprint density at radius 2 is 1.96 bits per heavy atom. The number of H-pyrrole nitrogens is 1. The molecule has 2 heterocycles. The second-order valence-corrected chi connectivity index (χ2v) is 7.69. The fraction of sp³-hybridized carbons (Fsp3) is 0.0526. The predicted octanol–water partition coefficient (Wildman–Crippen LogP) is 3.57. The Morgan fingerprint density at radius 3 is 2.75 bits per heavy atom. The van der Waals surface area contributed by atoms with Crippen molar-refractivity contribution in [1.82, 2.24) is 15.2 Å². The summed E-state index contributed by atoms with van der Waals surface area (Å²) in [5, 5.41) is 7.48. The molecule has 2 aromatic heterocycles. The van der Waals surface area contributed by atoms with Crippen LogP contribution < -0.4 is 9.46 Å². The summed E-state index contributed by atoms with van der Waals surface area (Å²) >= 11 is 0. The number of benzene rings is 2. The first kappa shape index (κ1) is 17.9. The number of ether oxygens (including phenoxy) is 1. The van der Waals surface area contributed by atoms with Gasteiger partial charge in [-0.25, -0.2) is 17.8 Å². The molecule has 0 atom stereocenters. The lowest BCUT2D eigenvalue weighted by atomic mass is 10.1. The van der Waals surface area contributed by atoms with Gasteiger partial charge in [-0.05, 0) is 42.5 Å². The van der Waals surface area contributed by atoms with Gasteiger partial charge in [0.25, 0.3) is 10.0 Å². The molecular formula is C19H15FN4O3S. The van der Waals surface area contributed by atoms with E-state index in [1.807, 2.05) is 6.07 Å². The Hall–Kier alpha value is -3.46. The van der Waals surface area contributed by atoms with Crippen LogP contribution >= 0.6 is 0 Å². The van der Waals surface area contributed by atoms with Crippen LogP contribution in [0.4, 0.5) is 10.1 Å². The number of nitrogens with one attached hydrogen (secondary N) is 2. The van der Waals surface area contributed by atoms with Crippen LogP contribution in [0.5, 0.6) is 5.75 Å². The van der Waals surface area contributed by atoms with Crippen LogP contribution in [0, 0.1) is 5.82 Å². The number of aromatic nitrogens is 3. The summed E-state index contributed by atoms with van der Waals surface area (Å²) in [5.74, 6) is -0.0375. The normalized spacial score (nSPS) is 11.5. The minimum atomic E-state index is -3.93. The molecule has 0 aliphatic rings. The summed E-state index contributed by atoms with van der Waals surface area (Å²) in [6.45, 7) is 0. The first-order chi connectivity index (χ1) is 13.5. The third kappa shape index (κ3) is 3.39. The largest absolute Gasteiger partial charge is 0.496 e. The van der Waals surface area contributed by atoms with E-state index in [9.17, 15) is 12.8 Å². The molecule has 0 radical (unpaired) electrons. The lowest BCUT2D eigenvalue weighted by Crippen LogP contribution is -2.13. The maximum absolute atomic E-state index is 13.4. The van der Waals surface area contributed by atoms with Gasteiger partial charge in [0.05, 0.1) is 23.9 Å². The number of halogens is 1. The third-order valence-corrected chi connectivity index (χ3v) is 5.54. The van der Waals surface area contributed by atoms with E-state index in [2.05, 4.69) is 19.9 Å². The van der Waals surface area contributed by atoms with Gasteiger partial charge in [-0.3, -0.25) is 9.82 Å². The maximum atomic E-state index is 13.4. The molecule has 0 spiro atoms. The Bertz CT molecular complexity index is 1270. The van der Waals surface area contributed by atoms with Crippen molar-refractivity contribution in [1.29, 1.82) is 0 Å². The number of fused-ring (bicyclic) bond motifs is 1. The molecule has 0 unspecified atom stereocenters. The molecule has 4 rings (SSSR count). The molecule has 7 nitrogen and oxygen atoms in total. The third-order valence-electron chi connectivity index (χ3n) is 4.16. The molecule has 0 amide bonds. The SMILES string of the molecule is COc1ccc(S(=O)(=O)Nc2cccc(F)c2)cc1-c1cnc2[nH]ncc2c1. The summed E-state index contributed by atoms with van der Waals surface area (Å²) in [7, 11) is -2.43. The van der Waals surface area contributed by atoms with Crippen molar-refractivity contribution in [3.8, 4) is 16.9 Å². The van der Waals surface area contributed by atoms with Crippen LogP contribution in [0.3, 0.4) is 0 Å². The van der Waals surface area contributed by atoms with Gasteiger partial charge in [0, 0.05) is 22.7 Å². The van der Waals surface area contributed by atoms with Crippen LogP contribution in [-0.2, 0) is 10.0 Å². The van der Waals surface area contributed by atoms with Crippen molar-refractivity contribution < 1.29 is 17.5 Å². The molecular weight excluding hydrogens is 383 g/mol. The number of aromatic amines is 1. The lowest BCUT2D eigenvalue weighted by Gasteiger charge is -2.13. The number of hydrogen-bond acceptors (Lipinski definition) is 5. The van der Waals surface area contributed by atoms with Crippen LogP contribution in [0.15, 0.2) is 65.8 Å². The summed E-state index contributed by atoms with van der Waals surface area (Å²) < 4.78 is 46.6. The highest BCUT2D eigenvalue weighted by Crippen LogP contribution is 2.33. The smallest absolute Gasteiger partial charge is 0.261 e. The van der Waals surface area contributed by atoms with Gasteiger partial charge in [0.15, 0.2) is 5.65 Å². The fourth-order valence-electron chi connectivity index (χ4n) is 2.83. The summed E-state index contributed by atoms with van der Waals surface area (Å²) in [5.41, 5.74) is 1.99. The molecule has 0 saturated heterocycles. The van der Waals surface area contributed by atoms with Gasteiger partial charge >= 0.3 is 0 Å². The number of hydrogen-bond donors (Lipinski definition) is 2. The number of methoxy groups -OCH3 is 1. The van der Waals surface area contributed by atoms with Crippen molar-refractivity contribution in [3.05, 3.63) is 66.7 Å². The lowest BCUT2D eigenvalue weighted by molar-refractivity contribution is 0.416. The number of nitrogens with zero attached hydrogens (tertiary/aromatic N) is 2. The maximum Gasteiger partial charge on any atom is 0.261 e. The molecule has 142 valence electrons. The van der Waals surface area contributed by atoms with Crippen LogP contribution in [0.2, 0.25) is 0 Å². The Balaban J connectivity index is 1.77. The second-order valence-electron chi connectivity index (χ2n) is 6.01. The van der Waals surface area contributed by atoms with Crippen LogP contribution in [0.1, 0.15) is 0 Å². The van der Waals surface area contributed by atoms with Crippen LogP contribution in [0.25, 0.3) is 22.2 Å². The zero-order chi connectivity index (χ0) is 19.7. The van der Waals surface area contributed by atoms with Crippen molar-refractivity contribution in [2.75, 3.05) is 11.8 Å². The molecule has 0 aliphatic carbocycles. The molecule has 2 N–H and O–H groups in total. The number of sulfonamides is 1. The Morgan fingerprint density at radius 1 is 1.11 bits per heavy atom. The topological polar surface area (TPSA) is 97.0 Å². The van der Waals surface area contributed by atoms with E-state index in [1.165, 1.54) is 37.4 Å². The van der Waals surface area contributed by atoms with Crippen molar-refractivity contribution in [3.63, 3.8) is 0 Å². The molecule has 4 aromatic rings. The summed E-state index contributed by atoms with van der Waals surface area (Å²) in [6.07, 6.45) is 3.24. The number of anilines is 1. The van der Waals surface area contributed by atoms with E-state index in [4.69, 9.17) is 4.74 Å². The molecule has 0 bridgehead atoms. The van der Waals surface area contributed by atoms with Crippen molar-refractivity contribution in [2.24, 2.45) is 0 Å². The van der Waals surface area contributed by atoms with Gasteiger partial charge < -0.3 is 4.74 Å². The first-order valence-electron chi connectivity index (χ1n) is 8.22. The molecule has 28 heavy (non-hydrogen) atoms. The predicted molar refractivity (Wildman–Crippen MR) is 103 cm³/mol. The average molecular weight is 398 g/mol. The highest BCUT2D eigenvalue weighted by Gasteiger charge is 2.18. The highest BCUT2D eigenvalue weighted by atomic mass is 32.2. The van der Waals surface area contributed by atoms with Crippen molar-refractivity contribution in [2.45, 2.75) is 4.90 Å². The van der Waals surface area contributed by atoms with E-state index < -0.39 is 15.8 Å². The Kier molecular flexibility index (Phi) is 4.44. The van der Waals surface area contributed by atoms with Gasteiger partial charge in [-0.1, -0.05) is 6.07 Å². The number of pyridine rings is 1. The molecule has 0 aliphatic heterocycles. The molecule has 9 heteroatoms. The summed E-state index contributed by atoms with van der Waals surface area (Å²) in [6, 6.07) is 11.6. The van der Waals surface area contributed by atoms with E-state index in [-0.39, 0.29) is 10.6 Å². The second kappa shape index (κ2) is 6.93. The minimum absolute atomic E-state index is 0.0138. The average Bonchev–Trinajstić information content (AvgIpc) is 3.15. The molecule has 2 aromatic carbocycles. The molecule has 0 saturated carbocycles. The Labute approximate surface area is 160 Å². The zero-order valence-electron chi connectivity index (χ0n) is 14.7. The summed E-state index contributed by atoms with van der Waals surface area (Å²) in [4.78, 5) is 4.30. The first-order valence-corrected chi connectivity index (χ1v) is 9.70. The quantitative estimate of drug-likeness (QED) is 0.536.